The predicted molar refractivity (Wildman–Crippen MR) is 98.9 cm³/mol. The van der Waals surface area contributed by atoms with Crippen LogP contribution in [0.15, 0.2) is 53.1 Å². The van der Waals surface area contributed by atoms with Gasteiger partial charge < -0.3 is 9.63 Å². The highest BCUT2D eigenvalue weighted by Gasteiger charge is 2.41. The number of halogens is 2. The van der Waals surface area contributed by atoms with Gasteiger partial charge in [0.1, 0.15) is 0 Å². The first-order chi connectivity index (χ1) is 13.5. The van der Waals surface area contributed by atoms with Crippen LogP contribution >= 0.6 is 0 Å². The van der Waals surface area contributed by atoms with Crippen LogP contribution in [0.3, 0.4) is 0 Å². The second-order valence-corrected chi connectivity index (χ2v) is 7.21. The SMILES string of the molecule is Oc1ccc(CN2CCC(F)(c3nc(Cc4ccccc4)no3)CC2)cc1F. The number of nitrogens with zero attached hydrogens (tertiary/aromatic N) is 3. The number of likely N-dealkylation sites (tertiary alicyclic amines) is 1. The number of piperidine rings is 1. The molecule has 1 N–H and O–H groups in total. The van der Waals surface area contributed by atoms with Crippen LogP contribution in [0.1, 0.15) is 35.7 Å². The fourth-order valence-electron chi connectivity index (χ4n) is 3.47. The van der Waals surface area contributed by atoms with Gasteiger partial charge in [-0.3, -0.25) is 4.90 Å². The van der Waals surface area contributed by atoms with E-state index in [1.807, 2.05) is 35.2 Å². The molecule has 3 aromatic rings. The van der Waals surface area contributed by atoms with Crippen LogP contribution in [0.25, 0.3) is 0 Å². The van der Waals surface area contributed by atoms with Crippen LogP contribution in [0, 0.1) is 5.82 Å². The average Bonchev–Trinajstić information content (AvgIpc) is 3.17. The summed E-state index contributed by atoms with van der Waals surface area (Å²) in [6.45, 7) is 1.49. The van der Waals surface area contributed by atoms with E-state index in [0.717, 1.165) is 11.1 Å². The first-order valence-electron chi connectivity index (χ1n) is 9.27. The Morgan fingerprint density at radius 2 is 1.82 bits per heavy atom. The van der Waals surface area contributed by atoms with E-state index in [9.17, 15) is 9.50 Å². The lowest BCUT2D eigenvalue weighted by atomic mass is 9.93. The Kier molecular flexibility index (Phi) is 5.09. The zero-order valence-electron chi connectivity index (χ0n) is 15.3. The highest BCUT2D eigenvalue weighted by molar-refractivity contribution is 5.28. The fraction of sp³-hybridized carbons (Fsp3) is 0.333. The molecule has 2 aromatic carbocycles. The highest BCUT2D eigenvalue weighted by Crippen LogP contribution is 2.36. The molecule has 0 unspecified atom stereocenters. The monoisotopic (exact) mass is 385 g/mol. The van der Waals surface area contributed by atoms with Gasteiger partial charge in [-0.05, 0) is 23.3 Å². The van der Waals surface area contributed by atoms with Gasteiger partial charge >= 0.3 is 0 Å². The van der Waals surface area contributed by atoms with E-state index in [2.05, 4.69) is 10.1 Å². The molecule has 1 fully saturated rings. The number of alkyl halides is 1. The first kappa shape index (κ1) is 18.6. The van der Waals surface area contributed by atoms with Crippen LogP contribution in [-0.2, 0) is 18.6 Å². The average molecular weight is 385 g/mol. The van der Waals surface area contributed by atoms with Gasteiger partial charge in [0.05, 0.1) is 0 Å². The minimum Gasteiger partial charge on any atom is -0.505 e. The van der Waals surface area contributed by atoms with Crippen LogP contribution in [0.2, 0.25) is 0 Å². The number of aromatic nitrogens is 2. The number of aromatic hydroxyl groups is 1. The molecule has 1 aliphatic rings. The number of phenolic OH excluding ortho intramolecular Hbond substituents is 1. The molecule has 0 spiro atoms. The molecule has 0 bridgehead atoms. The van der Waals surface area contributed by atoms with Crippen molar-refractivity contribution in [3.63, 3.8) is 0 Å². The fourth-order valence-corrected chi connectivity index (χ4v) is 3.47. The second kappa shape index (κ2) is 7.67. The third-order valence-corrected chi connectivity index (χ3v) is 5.12. The lowest BCUT2D eigenvalue weighted by molar-refractivity contribution is 0.0249. The molecule has 0 amide bonds. The van der Waals surface area contributed by atoms with Gasteiger partial charge in [0.15, 0.2) is 23.1 Å². The summed E-state index contributed by atoms with van der Waals surface area (Å²) in [6.07, 6.45) is 0.972. The van der Waals surface area contributed by atoms with Crippen molar-refractivity contribution in [2.75, 3.05) is 13.1 Å². The first-order valence-corrected chi connectivity index (χ1v) is 9.27. The van der Waals surface area contributed by atoms with Gasteiger partial charge in [0.2, 0.25) is 0 Å². The van der Waals surface area contributed by atoms with E-state index < -0.39 is 11.5 Å². The Balaban J connectivity index is 1.37. The number of rotatable bonds is 5. The summed E-state index contributed by atoms with van der Waals surface area (Å²) in [5, 5.41) is 13.2. The molecule has 0 radical (unpaired) electrons. The van der Waals surface area contributed by atoms with Crippen molar-refractivity contribution < 1.29 is 18.4 Å². The van der Waals surface area contributed by atoms with Crippen molar-refractivity contribution in [1.29, 1.82) is 0 Å². The second-order valence-electron chi connectivity index (χ2n) is 7.21. The quantitative estimate of drug-likeness (QED) is 0.720. The molecular weight excluding hydrogens is 364 g/mol. The minimum atomic E-state index is -1.64. The Morgan fingerprint density at radius 1 is 1.07 bits per heavy atom. The summed E-state index contributed by atoms with van der Waals surface area (Å²) >= 11 is 0. The van der Waals surface area contributed by atoms with Crippen molar-refractivity contribution in [2.45, 2.75) is 31.5 Å². The molecule has 0 atom stereocenters. The summed E-state index contributed by atoms with van der Waals surface area (Å²) < 4.78 is 34.1. The number of hydrogen-bond acceptors (Lipinski definition) is 5. The maximum atomic E-state index is 15.4. The standard InChI is InChI=1S/C21H21F2N3O2/c22-17-12-16(6-7-18(17)27)14-26-10-8-21(23,9-11-26)20-24-19(25-28-20)13-15-4-2-1-3-5-15/h1-7,12,27H,8-11,13-14H2. The Labute approximate surface area is 161 Å². The van der Waals surface area contributed by atoms with Gasteiger partial charge in [0, 0.05) is 38.9 Å². The molecule has 7 heteroatoms. The van der Waals surface area contributed by atoms with E-state index in [0.29, 0.717) is 31.9 Å². The topological polar surface area (TPSA) is 62.4 Å². The zero-order valence-corrected chi connectivity index (χ0v) is 15.3. The number of phenols is 1. The highest BCUT2D eigenvalue weighted by atomic mass is 19.1. The van der Waals surface area contributed by atoms with Crippen LogP contribution in [-0.4, -0.2) is 33.2 Å². The molecule has 0 saturated carbocycles. The molecular formula is C21H21F2N3O2. The van der Waals surface area contributed by atoms with Gasteiger partial charge in [-0.2, -0.15) is 4.98 Å². The van der Waals surface area contributed by atoms with Gasteiger partial charge in [-0.1, -0.05) is 41.6 Å². The van der Waals surface area contributed by atoms with Crippen LogP contribution in [0.4, 0.5) is 8.78 Å². The van der Waals surface area contributed by atoms with E-state index in [1.165, 1.54) is 12.1 Å². The summed E-state index contributed by atoms with van der Waals surface area (Å²) in [5.74, 6) is -0.506. The summed E-state index contributed by atoms with van der Waals surface area (Å²) in [5.41, 5.74) is 0.141. The van der Waals surface area contributed by atoms with Crippen molar-refractivity contribution in [3.8, 4) is 5.75 Å². The lowest BCUT2D eigenvalue weighted by Crippen LogP contribution is -2.40. The smallest absolute Gasteiger partial charge is 0.264 e. The lowest BCUT2D eigenvalue weighted by Gasteiger charge is -2.34. The van der Waals surface area contributed by atoms with E-state index in [4.69, 9.17) is 4.52 Å². The van der Waals surface area contributed by atoms with Crippen LogP contribution in [0.5, 0.6) is 5.75 Å². The van der Waals surface area contributed by atoms with Crippen molar-refractivity contribution >= 4 is 0 Å². The van der Waals surface area contributed by atoms with Gasteiger partial charge in [-0.25, -0.2) is 8.78 Å². The molecule has 146 valence electrons. The molecule has 2 heterocycles. The molecule has 1 aliphatic heterocycles. The van der Waals surface area contributed by atoms with Crippen molar-refractivity contribution in [2.24, 2.45) is 0 Å². The summed E-state index contributed by atoms with van der Waals surface area (Å²) in [4.78, 5) is 6.33. The number of hydrogen-bond donors (Lipinski definition) is 1. The van der Waals surface area contributed by atoms with Gasteiger partial charge in [-0.15, -0.1) is 0 Å². The Hall–Kier alpha value is -2.80. The van der Waals surface area contributed by atoms with Gasteiger partial charge in [0.25, 0.3) is 5.89 Å². The van der Waals surface area contributed by atoms with E-state index in [1.54, 1.807) is 6.07 Å². The molecule has 0 aliphatic carbocycles. The summed E-state index contributed by atoms with van der Waals surface area (Å²) in [7, 11) is 0. The van der Waals surface area contributed by atoms with E-state index >= 15 is 4.39 Å². The largest absolute Gasteiger partial charge is 0.505 e. The zero-order chi connectivity index (χ0) is 19.6. The Morgan fingerprint density at radius 3 is 2.54 bits per heavy atom. The summed E-state index contributed by atoms with van der Waals surface area (Å²) in [6, 6.07) is 14.0. The van der Waals surface area contributed by atoms with Crippen molar-refractivity contribution in [1.82, 2.24) is 15.0 Å². The van der Waals surface area contributed by atoms with E-state index in [-0.39, 0.29) is 24.5 Å². The normalized spacial score (nSPS) is 16.9. The Bertz CT molecular complexity index is 938. The molecule has 28 heavy (non-hydrogen) atoms. The molecule has 1 aromatic heterocycles. The number of benzene rings is 2. The third-order valence-electron chi connectivity index (χ3n) is 5.12. The predicted octanol–water partition coefficient (Wildman–Crippen LogP) is 3.97. The van der Waals surface area contributed by atoms with Crippen LogP contribution < -0.4 is 0 Å². The molecule has 4 rings (SSSR count). The van der Waals surface area contributed by atoms with Crippen molar-refractivity contribution in [3.05, 3.63) is 77.2 Å². The minimum absolute atomic E-state index is 0.0359. The third kappa shape index (κ3) is 4.04. The molecule has 5 nitrogen and oxygen atoms in total. The molecule has 1 saturated heterocycles. The maximum Gasteiger partial charge on any atom is 0.264 e. The maximum absolute atomic E-state index is 15.4.